The monoisotopic (exact) mass is 489 g/mol. The molecule has 3 heterocycles. The Kier molecular flexibility index (Phi) is 6.70. The Labute approximate surface area is 200 Å². The summed E-state index contributed by atoms with van der Waals surface area (Å²) < 4.78 is 0. The van der Waals surface area contributed by atoms with Gasteiger partial charge in [0.05, 0.1) is 29.7 Å². The van der Waals surface area contributed by atoms with E-state index in [2.05, 4.69) is 10.6 Å². The van der Waals surface area contributed by atoms with Gasteiger partial charge in [0.15, 0.2) is 0 Å². The minimum Gasteiger partial charge on any atom is -0.478 e. The number of thioether (sulfide) groups is 1. The van der Waals surface area contributed by atoms with E-state index in [-0.39, 0.29) is 46.8 Å². The quantitative estimate of drug-likeness (QED) is 0.330. The van der Waals surface area contributed by atoms with Gasteiger partial charge in [-0.05, 0) is 31.0 Å². The molecule has 182 valence electrons. The summed E-state index contributed by atoms with van der Waals surface area (Å²) >= 11 is 1.39. The minimum atomic E-state index is -1.16. The molecular formula is C23H27N3O7S. The van der Waals surface area contributed by atoms with Crippen LogP contribution in [0.3, 0.4) is 0 Å². The first-order valence-corrected chi connectivity index (χ1v) is 12.0. The van der Waals surface area contributed by atoms with Gasteiger partial charge in [-0.3, -0.25) is 9.59 Å². The molecule has 34 heavy (non-hydrogen) atoms. The lowest BCUT2D eigenvalue weighted by atomic mass is 9.79. The molecule has 0 aromatic heterocycles. The largest absolute Gasteiger partial charge is 0.478 e. The zero-order valence-corrected chi connectivity index (χ0v) is 19.5. The molecule has 6 atom stereocenters. The summed E-state index contributed by atoms with van der Waals surface area (Å²) in [6, 6.07) is 5.47. The fraction of sp³-hybridized carbons (Fsp3) is 0.478. The van der Waals surface area contributed by atoms with E-state index < -0.39 is 30.0 Å². The number of aromatic carboxylic acids is 1. The number of rotatable bonds is 8. The molecule has 5 N–H and O–H groups in total. The van der Waals surface area contributed by atoms with Crippen molar-refractivity contribution < 1.29 is 34.5 Å². The van der Waals surface area contributed by atoms with Crippen molar-refractivity contribution in [2.45, 2.75) is 50.3 Å². The number of aliphatic hydroxyl groups excluding tert-OH is 1. The smallest absolute Gasteiger partial charge is 0.353 e. The van der Waals surface area contributed by atoms with Crippen LogP contribution in [0.25, 0.3) is 0 Å². The van der Waals surface area contributed by atoms with Crippen LogP contribution in [0, 0.1) is 11.8 Å². The second-order valence-corrected chi connectivity index (χ2v) is 10.3. The van der Waals surface area contributed by atoms with E-state index in [4.69, 9.17) is 5.11 Å². The van der Waals surface area contributed by atoms with Gasteiger partial charge in [0, 0.05) is 29.2 Å². The number of benzene rings is 1. The number of carbonyl (C=O) groups is 4. The Morgan fingerprint density at radius 3 is 2.47 bits per heavy atom. The second-order valence-electron chi connectivity index (χ2n) is 8.93. The molecule has 0 spiro atoms. The number of carboxylic acids is 2. The third-order valence-electron chi connectivity index (χ3n) is 6.68. The number of nitrogens with one attached hydrogen (secondary N) is 2. The molecular weight excluding hydrogens is 462 g/mol. The van der Waals surface area contributed by atoms with Gasteiger partial charge in [0.25, 0.3) is 0 Å². The van der Waals surface area contributed by atoms with Crippen LogP contribution in [-0.2, 0) is 20.9 Å². The Morgan fingerprint density at radius 1 is 1.21 bits per heavy atom. The maximum Gasteiger partial charge on any atom is 0.353 e. The highest BCUT2D eigenvalue weighted by molar-refractivity contribution is 8.03. The molecule has 0 radical (unpaired) electrons. The summed E-state index contributed by atoms with van der Waals surface area (Å²) in [4.78, 5) is 49.9. The Hall–Kier alpha value is -2.89. The molecule has 2 amide bonds. The molecule has 0 bridgehead atoms. The number of hydrogen-bond acceptors (Lipinski definition) is 7. The first kappa shape index (κ1) is 24.2. The number of hydrogen-bond donors (Lipinski definition) is 5. The number of carbonyl (C=O) groups excluding carboxylic acids is 2. The summed E-state index contributed by atoms with van der Waals surface area (Å²) in [5.74, 6) is -3.54. The number of aliphatic hydroxyl groups is 1. The maximum absolute atomic E-state index is 12.6. The van der Waals surface area contributed by atoms with Crippen LogP contribution >= 0.6 is 11.8 Å². The normalized spacial score (nSPS) is 29.0. The molecule has 10 nitrogen and oxygen atoms in total. The fourth-order valence-electron chi connectivity index (χ4n) is 4.93. The third-order valence-corrected chi connectivity index (χ3v) is 8.19. The molecule has 11 heteroatoms. The van der Waals surface area contributed by atoms with Gasteiger partial charge in [-0.2, -0.15) is 0 Å². The highest BCUT2D eigenvalue weighted by Gasteiger charge is 2.60. The van der Waals surface area contributed by atoms with Gasteiger partial charge in [0.1, 0.15) is 5.70 Å². The minimum absolute atomic E-state index is 0.0119. The zero-order valence-electron chi connectivity index (χ0n) is 18.7. The topological polar surface area (TPSA) is 156 Å². The predicted molar refractivity (Wildman–Crippen MR) is 123 cm³/mol. The molecule has 2 fully saturated rings. The van der Waals surface area contributed by atoms with Crippen LogP contribution in [0.1, 0.15) is 36.2 Å². The highest BCUT2D eigenvalue weighted by atomic mass is 32.2. The van der Waals surface area contributed by atoms with E-state index in [1.54, 1.807) is 19.1 Å². The van der Waals surface area contributed by atoms with Crippen molar-refractivity contribution >= 4 is 35.5 Å². The molecule has 2 saturated heterocycles. The van der Waals surface area contributed by atoms with Crippen LogP contribution in [-0.4, -0.2) is 74.0 Å². The number of carboxylic acid groups (broad SMARTS) is 2. The summed E-state index contributed by atoms with van der Waals surface area (Å²) in [7, 11) is 0. The Bertz CT molecular complexity index is 1060. The van der Waals surface area contributed by atoms with Crippen molar-refractivity contribution in [1.82, 2.24) is 15.5 Å². The van der Waals surface area contributed by atoms with Crippen molar-refractivity contribution in [3.05, 3.63) is 46.0 Å². The number of aliphatic carboxylic acids is 1. The molecule has 0 unspecified atom stereocenters. The van der Waals surface area contributed by atoms with Gasteiger partial charge in [-0.25, -0.2) is 9.59 Å². The first-order chi connectivity index (χ1) is 16.1. The standard InChI is InChI=1S/C23H27N3O7S/c1-10-17-16(11(2)27)21(29)26(17)18(23(32)33)19(10)34-14-7-15(24-9-14)20(28)25-8-12-3-5-13(6-4-12)22(30)31/h3-6,10-11,14-17,24,27H,7-9H2,1-2H3,(H,25,28)(H,30,31)(H,32,33)/t10-,11-,14+,15+,16-,17-/m1/s1. The number of β-lactam (4-membered cyclic amide) rings is 1. The second kappa shape index (κ2) is 9.40. The molecule has 3 aliphatic rings. The average Bonchev–Trinajstić information content (AvgIpc) is 3.34. The SMILES string of the molecule is C[C@@H](O)[C@H]1C(=O)N2C(C(=O)O)=C(S[C@@H]3CN[C@H](C(=O)NCc4ccc(C(=O)O)cc4)C3)[C@H](C)[C@H]12. The van der Waals surface area contributed by atoms with Crippen LogP contribution in [0.15, 0.2) is 34.9 Å². The van der Waals surface area contributed by atoms with Gasteiger partial charge in [0.2, 0.25) is 11.8 Å². The maximum atomic E-state index is 12.6. The van der Waals surface area contributed by atoms with Crippen molar-refractivity contribution in [3.63, 3.8) is 0 Å². The average molecular weight is 490 g/mol. The molecule has 1 aromatic rings. The molecule has 1 aromatic carbocycles. The summed E-state index contributed by atoms with van der Waals surface area (Å²) in [6.07, 6.45) is -0.354. The summed E-state index contributed by atoms with van der Waals surface area (Å²) in [6.45, 7) is 4.19. The fourth-order valence-corrected chi connectivity index (χ4v) is 6.41. The molecule has 0 aliphatic carbocycles. The van der Waals surface area contributed by atoms with Crippen LogP contribution in [0.2, 0.25) is 0 Å². The first-order valence-electron chi connectivity index (χ1n) is 11.1. The van der Waals surface area contributed by atoms with Crippen molar-refractivity contribution in [1.29, 1.82) is 0 Å². The van der Waals surface area contributed by atoms with Gasteiger partial charge < -0.3 is 30.9 Å². The van der Waals surface area contributed by atoms with E-state index in [1.807, 2.05) is 6.92 Å². The van der Waals surface area contributed by atoms with Crippen molar-refractivity contribution in [2.24, 2.45) is 11.8 Å². The highest BCUT2D eigenvalue weighted by Crippen LogP contribution is 2.51. The third kappa shape index (κ3) is 4.30. The predicted octanol–water partition coefficient (Wildman–Crippen LogP) is 0.618. The summed E-state index contributed by atoms with van der Waals surface area (Å²) in [5, 5.41) is 34.7. The Balaban J connectivity index is 1.36. The van der Waals surface area contributed by atoms with Crippen LogP contribution in [0.5, 0.6) is 0 Å². The molecule has 4 rings (SSSR count). The molecule has 0 saturated carbocycles. The van der Waals surface area contributed by atoms with E-state index in [0.29, 0.717) is 17.9 Å². The number of amides is 2. The number of fused-ring (bicyclic) bond motifs is 1. The lowest BCUT2D eigenvalue weighted by Crippen LogP contribution is -2.63. The van der Waals surface area contributed by atoms with E-state index in [1.165, 1.54) is 28.8 Å². The summed E-state index contributed by atoms with van der Waals surface area (Å²) in [5.41, 5.74) is 0.942. The van der Waals surface area contributed by atoms with Gasteiger partial charge in [-0.15, -0.1) is 11.8 Å². The molecule has 3 aliphatic heterocycles. The van der Waals surface area contributed by atoms with Gasteiger partial charge in [-0.1, -0.05) is 19.1 Å². The Morgan fingerprint density at radius 2 is 1.88 bits per heavy atom. The lowest BCUT2D eigenvalue weighted by molar-refractivity contribution is -0.163. The van der Waals surface area contributed by atoms with Crippen LogP contribution in [0.4, 0.5) is 0 Å². The zero-order chi connectivity index (χ0) is 24.7. The van der Waals surface area contributed by atoms with E-state index in [0.717, 1.165) is 5.56 Å². The lowest BCUT2D eigenvalue weighted by Gasteiger charge is -2.46. The van der Waals surface area contributed by atoms with Crippen molar-refractivity contribution in [3.8, 4) is 0 Å². The van der Waals surface area contributed by atoms with E-state index >= 15 is 0 Å². The number of nitrogens with zero attached hydrogens (tertiary/aromatic N) is 1. The van der Waals surface area contributed by atoms with Gasteiger partial charge >= 0.3 is 11.9 Å². The van der Waals surface area contributed by atoms with Crippen molar-refractivity contribution in [2.75, 3.05) is 6.54 Å². The van der Waals surface area contributed by atoms with E-state index in [9.17, 15) is 29.4 Å². The van der Waals surface area contributed by atoms with Crippen LogP contribution < -0.4 is 10.6 Å².